The maximum atomic E-state index is 11.5. The molecule has 0 bridgehead atoms. The van der Waals surface area contributed by atoms with Gasteiger partial charge in [-0.15, -0.1) is 23.1 Å². The largest absolute Gasteiger partial charge is 0.399 e. The van der Waals surface area contributed by atoms with Crippen molar-refractivity contribution in [2.75, 3.05) is 13.4 Å². The zero-order valence-corrected chi connectivity index (χ0v) is 16.2. The van der Waals surface area contributed by atoms with Gasteiger partial charge in [0.15, 0.2) is 0 Å². The van der Waals surface area contributed by atoms with E-state index in [2.05, 4.69) is 30.4 Å². The standard InChI is InChI=1S/C17H21N3O2S2/c1-10(21)20-7-6-12(18-20)15-11-8-17(2,3)9-13(19-22-4)14(11)16(23-5)24-15/h6-7H,8-9H2,1-5H3. The lowest BCUT2D eigenvalue weighted by Crippen LogP contribution is -2.27. The number of thioether (sulfide) groups is 1. The SMILES string of the molecule is CON=C1CC(C)(C)Cc2c(-c3ccn(C(C)=O)n3)sc(SC)c21. The number of fused-ring (bicyclic) bond motifs is 1. The van der Waals surface area contributed by atoms with E-state index >= 15 is 0 Å². The summed E-state index contributed by atoms with van der Waals surface area (Å²) in [6.45, 7) is 6.01. The van der Waals surface area contributed by atoms with Crippen molar-refractivity contribution in [3.63, 3.8) is 0 Å². The van der Waals surface area contributed by atoms with Crippen LogP contribution in [-0.4, -0.2) is 34.8 Å². The average molecular weight is 364 g/mol. The molecule has 0 N–H and O–H groups in total. The number of aromatic nitrogens is 2. The van der Waals surface area contributed by atoms with Gasteiger partial charge < -0.3 is 4.84 Å². The lowest BCUT2D eigenvalue weighted by Gasteiger charge is -2.31. The van der Waals surface area contributed by atoms with Crippen LogP contribution < -0.4 is 0 Å². The molecule has 0 atom stereocenters. The summed E-state index contributed by atoms with van der Waals surface area (Å²) >= 11 is 3.45. The zero-order chi connectivity index (χ0) is 17.5. The number of oxime groups is 1. The highest BCUT2D eigenvalue weighted by molar-refractivity contribution is 8.00. The number of hydrogen-bond acceptors (Lipinski definition) is 6. The first kappa shape index (κ1) is 17.2. The third kappa shape index (κ3) is 3.02. The summed E-state index contributed by atoms with van der Waals surface area (Å²) in [6, 6.07) is 1.91. The second-order valence-electron chi connectivity index (χ2n) is 6.68. The molecule has 128 valence electrons. The number of nitrogens with zero attached hydrogens (tertiary/aromatic N) is 3. The minimum atomic E-state index is -0.0845. The molecule has 1 aliphatic rings. The van der Waals surface area contributed by atoms with E-state index in [1.807, 2.05) is 6.07 Å². The van der Waals surface area contributed by atoms with Gasteiger partial charge >= 0.3 is 0 Å². The summed E-state index contributed by atoms with van der Waals surface area (Å²) in [5.41, 5.74) is 4.42. The van der Waals surface area contributed by atoms with Gasteiger partial charge in [0, 0.05) is 18.7 Å². The van der Waals surface area contributed by atoms with Gasteiger partial charge in [-0.05, 0) is 36.1 Å². The molecular formula is C17H21N3O2S2. The molecule has 0 aromatic carbocycles. The Kier molecular flexibility index (Phi) is 4.57. The summed E-state index contributed by atoms with van der Waals surface area (Å²) in [5, 5.41) is 8.75. The van der Waals surface area contributed by atoms with E-state index < -0.39 is 0 Å². The summed E-state index contributed by atoms with van der Waals surface area (Å²) in [7, 11) is 1.59. The number of carbonyl (C=O) groups excluding carboxylic acids is 1. The molecule has 1 aliphatic carbocycles. The molecule has 0 fully saturated rings. The molecule has 0 amide bonds. The predicted molar refractivity (Wildman–Crippen MR) is 99.3 cm³/mol. The van der Waals surface area contributed by atoms with E-state index in [9.17, 15) is 4.79 Å². The van der Waals surface area contributed by atoms with E-state index in [0.717, 1.165) is 29.1 Å². The van der Waals surface area contributed by atoms with Crippen LogP contribution in [0.5, 0.6) is 0 Å². The fourth-order valence-corrected chi connectivity index (χ4v) is 5.21. The summed E-state index contributed by atoms with van der Waals surface area (Å²) in [5.74, 6) is -0.0845. The van der Waals surface area contributed by atoms with Gasteiger partial charge in [0.1, 0.15) is 12.8 Å². The predicted octanol–water partition coefficient (Wildman–Crippen LogP) is 4.32. The molecule has 0 saturated carbocycles. The van der Waals surface area contributed by atoms with Gasteiger partial charge in [0.2, 0.25) is 5.91 Å². The molecule has 5 nitrogen and oxygen atoms in total. The van der Waals surface area contributed by atoms with Gasteiger partial charge in [0.25, 0.3) is 0 Å². The van der Waals surface area contributed by atoms with Crippen molar-refractivity contribution in [1.82, 2.24) is 9.78 Å². The monoisotopic (exact) mass is 363 g/mol. The van der Waals surface area contributed by atoms with Crippen LogP contribution in [0.1, 0.15) is 43.1 Å². The highest BCUT2D eigenvalue weighted by Gasteiger charge is 2.36. The first-order valence-corrected chi connectivity index (χ1v) is 9.77. The summed E-state index contributed by atoms with van der Waals surface area (Å²) in [6.07, 6.45) is 5.65. The lowest BCUT2D eigenvalue weighted by atomic mass is 9.74. The van der Waals surface area contributed by atoms with Crippen LogP contribution in [0.25, 0.3) is 10.6 Å². The van der Waals surface area contributed by atoms with Gasteiger partial charge in [-0.1, -0.05) is 19.0 Å². The summed E-state index contributed by atoms with van der Waals surface area (Å²) in [4.78, 5) is 17.8. The van der Waals surface area contributed by atoms with Crippen molar-refractivity contribution in [1.29, 1.82) is 0 Å². The number of rotatable bonds is 3. The van der Waals surface area contributed by atoms with Crippen LogP contribution in [0.15, 0.2) is 21.6 Å². The fourth-order valence-electron chi connectivity index (χ4n) is 3.14. The molecule has 24 heavy (non-hydrogen) atoms. The molecule has 7 heteroatoms. The smallest absolute Gasteiger partial charge is 0.243 e. The molecule has 2 aromatic rings. The van der Waals surface area contributed by atoms with Crippen molar-refractivity contribution in [3.05, 3.63) is 23.4 Å². The Bertz CT molecular complexity index is 818. The van der Waals surface area contributed by atoms with E-state index in [-0.39, 0.29) is 11.3 Å². The second kappa shape index (κ2) is 6.37. The highest BCUT2D eigenvalue weighted by atomic mass is 32.2. The van der Waals surface area contributed by atoms with E-state index in [1.54, 1.807) is 36.4 Å². The number of thiophene rings is 1. The van der Waals surface area contributed by atoms with Gasteiger partial charge in [-0.3, -0.25) is 4.79 Å². The Morgan fingerprint density at radius 3 is 2.79 bits per heavy atom. The van der Waals surface area contributed by atoms with E-state index in [0.29, 0.717) is 0 Å². The third-order valence-corrected chi connectivity index (χ3v) is 6.47. The Balaban J connectivity index is 2.19. The summed E-state index contributed by atoms with van der Waals surface area (Å²) < 4.78 is 2.61. The van der Waals surface area contributed by atoms with Crippen molar-refractivity contribution < 1.29 is 9.63 Å². The van der Waals surface area contributed by atoms with Crippen LogP contribution in [0, 0.1) is 5.41 Å². The first-order chi connectivity index (χ1) is 11.4. The highest BCUT2D eigenvalue weighted by Crippen LogP contribution is 2.48. The molecule has 0 radical (unpaired) electrons. The van der Waals surface area contributed by atoms with Crippen molar-refractivity contribution in [2.24, 2.45) is 10.6 Å². The minimum absolute atomic E-state index is 0.0845. The Morgan fingerprint density at radius 2 is 2.21 bits per heavy atom. The van der Waals surface area contributed by atoms with Gasteiger partial charge in [0.05, 0.1) is 14.8 Å². The zero-order valence-electron chi connectivity index (χ0n) is 14.5. The van der Waals surface area contributed by atoms with Crippen LogP contribution in [-0.2, 0) is 11.3 Å². The Labute approximate surface area is 150 Å². The van der Waals surface area contributed by atoms with Crippen molar-refractivity contribution in [3.8, 4) is 10.6 Å². The Morgan fingerprint density at radius 1 is 1.46 bits per heavy atom. The number of hydrogen-bond donors (Lipinski definition) is 0. The van der Waals surface area contributed by atoms with Gasteiger partial charge in [-0.2, -0.15) is 5.10 Å². The topological polar surface area (TPSA) is 56.5 Å². The Hall–Kier alpha value is -1.60. The maximum Gasteiger partial charge on any atom is 0.243 e. The first-order valence-electron chi connectivity index (χ1n) is 7.73. The quantitative estimate of drug-likeness (QED) is 0.602. The third-order valence-electron chi connectivity index (χ3n) is 4.10. The second-order valence-corrected chi connectivity index (χ2v) is 8.77. The molecule has 0 aliphatic heterocycles. The fraction of sp³-hybridized carbons (Fsp3) is 0.471. The van der Waals surface area contributed by atoms with Crippen LogP contribution >= 0.6 is 23.1 Å². The number of carbonyl (C=O) groups is 1. The minimum Gasteiger partial charge on any atom is -0.399 e. The molecule has 0 spiro atoms. The van der Waals surface area contributed by atoms with Crippen molar-refractivity contribution >= 4 is 34.7 Å². The molecule has 0 saturated heterocycles. The maximum absolute atomic E-state index is 11.5. The molecule has 2 aromatic heterocycles. The molecule has 3 rings (SSSR count). The van der Waals surface area contributed by atoms with Crippen LogP contribution in [0.3, 0.4) is 0 Å². The van der Waals surface area contributed by atoms with Crippen LogP contribution in [0.2, 0.25) is 0 Å². The lowest BCUT2D eigenvalue weighted by molar-refractivity contribution is 0.0921. The van der Waals surface area contributed by atoms with E-state index in [4.69, 9.17) is 4.84 Å². The molecule has 0 unspecified atom stereocenters. The normalized spacial score (nSPS) is 17.8. The van der Waals surface area contributed by atoms with Crippen molar-refractivity contribution in [2.45, 2.75) is 37.8 Å². The van der Waals surface area contributed by atoms with Crippen LogP contribution in [0.4, 0.5) is 0 Å². The molecular weight excluding hydrogens is 342 g/mol. The molecule has 2 heterocycles. The van der Waals surface area contributed by atoms with Gasteiger partial charge in [-0.25, -0.2) is 4.68 Å². The van der Waals surface area contributed by atoms with E-state index in [1.165, 1.54) is 26.9 Å². The average Bonchev–Trinajstić information content (AvgIpc) is 3.10.